The molecule has 0 spiro atoms. The van der Waals surface area contributed by atoms with Gasteiger partial charge in [0.25, 0.3) is 0 Å². The smallest absolute Gasteiger partial charge is 0.478 e. The third-order valence-corrected chi connectivity index (χ3v) is 5.26. The van der Waals surface area contributed by atoms with Crippen LogP contribution in [0.3, 0.4) is 0 Å². The number of aromatic carboxylic acids is 1. The average molecular weight is 422 g/mol. The van der Waals surface area contributed by atoms with Crippen molar-refractivity contribution >= 4 is 11.9 Å². The molecule has 1 heterocycles. The van der Waals surface area contributed by atoms with Crippen molar-refractivity contribution in [1.82, 2.24) is 4.90 Å². The predicted molar refractivity (Wildman–Crippen MR) is 104 cm³/mol. The maximum Gasteiger partial charge on any atom is 1.00 e. The lowest BCUT2D eigenvalue weighted by Gasteiger charge is -2.31. The minimum absolute atomic E-state index is 0. The Morgan fingerprint density at radius 1 is 1.07 bits per heavy atom. The van der Waals surface area contributed by atoms with Gasteiger partial charge in [-0.25, -0.2) is 9.59 Å². The van der Waals surface area contributed by atoms with Crippen molar-refractivity contribution in [3.8, 4) is 0 Å². The zero-order valence-corrected chi connectivity index (χ0v) is 16.2. The molecule has 0 saturated carbocycles. The Morgan fingerprint density at radius 2 is 1.73 bits per heavy atom. The molecule has 160 valence electrons. The average Bonchev–Trinajstić information content (AvgIpc) is 2.72. The third kappa shape index (κ3) is 5.60. The first-order valence-electron chi connectivity index (χ1n) is 9.62. The Kier molecular flexibility index (Phi) is 6.77. The first kappa shape index (κ1) is 21.8. The monoisotopic (exact) mass is 422 g/mol. The molecule has 3 rings (SSSR count). The Labute approximate surface area is 173 Å². The molecule has 1 saturated heterocycles. The molecular formula is C22H23F3NO4+. The van der Waals surface area contributed by atoms with Crippen LogP contribution in [0.5, 0.6) is 0 Å². The van der Waals surface area contributed by atoms with Crippen LogP contribution in [0, 0.1) is 5.92 Å². The van der Waals surface area contributed by atoms with E-state index >= 15 is 0 Å². The fraction of sp³-hybridized carbons (Fsp3) is 0.364. The van der Waals surface area contributed by atoms with Gasteiger partial charge in [0.05, 0.1) is 16.7 Å². The summed E-state index contributed by atoms with van der Waals surface area (Å²) in [6.07, 6.45) is -2.58. The van der Waals surface area contributed by atoms with Gasteiger partial charge in [-0.15, -0.1) is 0 Å². The Balaban J connectivity index is 0.00000341. The number of likely N-dealkylation sites (tertiary alicyclic amines) is 1. The third-order valence-electron chi connectivity index (χ3n) is 5.26. The van der Waals surface area contributed by atoms with E-state index in [1.807, 2.05) is 4.90 Å². The second kappa shape index (κ2) is 9.30. The van der Waals surface area contributed by atoms with E-state index < -0.39 is 23.7 Å². The molecule has 30 heavy (non-hydrogen) atoms. The highest BCUT2D eigenvalue weighted by molar-refractivity contribution is 5.94. The van der Waals surface area contributed by atoms with Gasteiger partial charge in [0.2, 0.25) is 0 Å². The van der Waals surface area contributed by atoms with Gasteiger partial charge in [-0.1, -0.05) is 24.3 Å². The van der Waals surface area contributed by atoms with Crippen molar-refractivity contribution in [2.45, 2.75) is 25.4 Å². The van der Waals surface area contributed by atoms with Crippen molar-refractivity contribution in [3.05, 3.63) is 70.8 Å². The van der Waals surface area contributed by atoms with Crippen LogP contribution in [0.15, 0.2) is 48.5 Å². The number of hydrogen-bond acceptors (Lipinski definition) is 4. The first-order chi connectivity index (χ1) is 14.2. The molecule has 1 N–H and O–H groups in total. The summed E-state index contributed by atoms with van der Waals surface area (Å²) in [6.45, 7) is 1.28. The summed E-state index contributed by atoms with van der Waals surface area (Å²) in [5.74, 6) is -1.61. The number of rotatable bonds is 6. The molecule has 1 aliphatic rings. The number of carbonyl (C=O) groups is 2. The SMILES string of the molecule is O=C(O)c1cccc(C(=O)OCN2CCC(Cc3ccccc3C(F)(F)F)CC2)c1.[H+]. The number of alkyl halides is 3. The first-order valence-corrected chi connectivity index (χ1v) is 9.62. The summed E-state index contributed by atoms with van der Waals surface area (Å²) in [4.78, 5) is 25.1. The number of piperidine rings is 1. The summed E-state index contributed by atoms with van der Waals surface area (Å²) in [6, 6.07) is 11.3. The second-order valence-electron chi connectivity index (χ2n) is 7.37. The Hall–Kier alpha value is -2.87. The van der Waals surface area contributed by atoms with Gasteiger partial charge in [-0.05, 0) is 55.0 Å². The van der Waals surface area contributed by atoms with E-state index in [1.165, 1.54) is 36.4 Å². The molecule has 0 radical (unpaired) electrons. The number of carboxylic acid groups (broad SMARTS) is 1. The van der Waals surface area contributed by atoms with Crippen LogP contribution in [0.2, 0.25) is 0 Å². The van der Waals surface area contributed by atoms with E-state index in [1.54, 1.807) is 6.07 Å². The molecule has 0 bridgehead atoms. The van der Waals surface area contributed by atoms with E-state index in [0.29, 0.717) is 37.9 Å². The number of benzene rings is 2. The highest BCUT2D eigenvalue weighted by Gasteiger charge is 2.33. The van der Waals surface area contributed by atoms with Crippen LogP contribution in [-0.2, 0) is 17.3 Å². The van der Waals surface area contributed by atoms with Gasteiger partial charge in [0.1, 0.15) is 6.73 Å². The lowest BCUT2D eigenvalue weighted by molar-refractivity contribution is -0.138. The van der Waals surface area contributed by atoms with Crippen molar-refractivity contribution in [2.75, 3.05) is 19.8 Å². The molecule has 1 aliphatic heterocycles. The topological polar surface area (TPSA) is 66.8 Å². The maximum absolute atomic E-state index is 13.2. The molecular weight excluding hydrogens is 399 g/mol. The van der Waals surface area contributed by atoms with Crippen molar-refractivity contribution in [3.63, 3.8) is 0 Å². The van der Waals surface area contributed by atoms with Gasteiger partial charge in [0, 0.05) is 13.1 Å². The van der Waals surface area contributed by atoms with Gasteiger partial charge < -0.3 is 9.84 Å². The molecule has 0 unspecified atom stereocenters. The summed E-state index contributed by atoms with van der Waals surface area (Å²) in [5, 5.41) is 8.99. The normalized spacial score (nSPS) is 15.7. The highest BCUT2D eigenvalue weighted by atomic mass is 19.4. The zero-order valence-electron chi connectivity index (χ0n) is 17.2. The van der Waals surface area contributed by atoms with E-state index in [2.05, 4.69) is 0 Å². The summed E-state index contributed by atoms with van der Waals surface area (Å²) >= 11 is 0. The summed E-state index contributed by atoms with van der Waals surface area (Å²) in [5.41, 5.74) is -0.101. The van der Waals surface area contributed by atoms with Gasteiger partial charge >= 0.3 is 19.5 Å². The van der Waals surface area contributed by atoms with Crippen LogP contribution in [0.1, 0.15) is 46.1 Å². The molecule has 2 aromatic carbocycles. The van der Waals surface area contributed by atoms with E-state index in [4.69, 9.17) is 9.84 Å². The van der Waals surface area contributed by atoms with Crippen LogP contribution >= 0.6 is 0 Å². The van der Waals surface area contributed by atoms with Gasteiger partial charge in [-0.2, -0.15) is 13.2 Å². The minimum Gasteiger partial charge on any atom is -0.478 e. The van der Waals surface area contributed by atoms with Crippen LogP contribution < -0.4 is 0 Å². The van der Waals surface area contributed by atoms with Crippen molar-refractivity contribution in [1.29, 1.82) is 0 Å². The number of esters is 1. The van der Waals surface area contributed by atoms with Crippen LogP contribution in [0.4, 0.5) is 13.2 Å². The van der Waals surface area contributed by atoms with Gasteiger partial charge in [-0.3, -0.25) is 4.90 Å². The van der Waals surface area contributed by atoms with Crippen molar-refractivity contribution < 1.29 is 34.0 Å². The maximum atomic E-state index is 13.2. The quantitative estimate of drug-likeness (QED) is 0.690. The lowest BCUT2D eigenvalue weighted by atomic mass is 9.88. The number of ether oxygens (including phenoxy) is 1. The van der Waals surface area contributed by atoms with Crippen molar-refractivity contribution in [2.24, 2.45) is 5.92 Å². The Morgan fingerprint density at radius 3 is 2.40 bits per heavy atom. The molecule has 5 nitrogen and oxygen atoms in total. The summed E-state index contributed by atoms with van der Waals surface area (Å²) < 4.78 is 44.7. The second-order valence-corrected chi connectivity index (χ2v) is 7.37. The minimum atomic E-state index is -4.36. The molecule has 1 fully saturated rings. The standard InChI is InChI=1S/C22H22F3NO4/c23-22(24,25)19-7-2-1-4-16(19)12-15-8-10-26(11-9-15)14-30-21(29)18-6-3-5-17(13-18)20(27)28/h1-7,13,15H,8-12,14H2,(H,27,28)/p+1. The van der Waals surface area contributed by atoms with Crippen LogP contribution in [0.25, 0.3) is 0 Å². The largest absolute Gasteiger partial charge is 1.00 e. The summed E-state index contributed by atoms with van der Waals surface area (Å²) in [7, 11) is 0. The molecule has 8 heteroatoms. The predicted octanol–water partition coefficient (Wildman–Crippen LogP) is 4.59. The number of halogens is 3. The fourth-order valence-electron chi connectivity index (χ4n) is 3.62. The van der Waals surface area contributed by atoms with Crippen LogP contribution in [-0.4, -0.2) is 41.8 Å². The molecule has 0 aromatic heterocycles. The van der Waals surface area contributed by atoms with Gasteiger partial charge in [0.15, 0.2) is 0 Å². The number of carboxylic acids is 1. The lowest BCUT2D eigenvalue weighted by Crippen LogP contribution is -2.36. The zero-order chi connectivity index (χ0) is 21.7. The molecule has 0 amide bonds. The molecule has 0 atom stereocenters. The Bertz CT molecular complexity index is 912. The fourth-order valence-corrected chi connectivity index (χ4v) is 3.62. The number of carbonyl (C=O) groups excluding carboxylic acids is 1. The van der Waals surface area contributed by atoms with E-state index in [-0.39, 0.29) is 25.2 Å². The molecule has 2 aromatic rings. The number of nitrogens with zero attached hydrogens (tertiary/aromatic N) is 1. The molecule has 0 aliphatic carbocycles. The highest BCUT2D eigenvalue weighted by Crippen LogP contribution is 2.34. The van der Waals surface area contributed by atoms with E-state index in [0.717, 1.165) is 6.07 Å². The number of hydrogen-bond donors (Lipinski definition) is 1. The van der Waals surface area contributed by atoms with E-state index in [9.17, 15) is 22.8 Å².